The maximum atomic E-state index is 4.28. The number of rotatable bonds is 4. The van der Waals surface area contributed by atoms with Crippen LogP contribution >= 0.6 is 0 Å². The number of piperidine rings is 1. The van der Waals surface area contributed by atoms with E-state index in [4.69, 9.17) is 0 Å². The van der Waals surface area contributed by atoms with Crippen molar-refractivity contribution >= 4 is 5.69 Å². The number of pyridine rings is 1. The lowest BCUT2D eigenvalue weighted by molar-refractivity contribution is 0.423. The molecule has 2 rings (SSSR count). The topological polar surface area (TPSA) is 28.2 Å². The molecular weight excluding hydrogens is 210 g/mol. The van der Waals surface area contributed by atoms with E-state index in [9.17, 15) is 0 Å². The van der Waals surface area contributed by atoms with Gasteiger partial charge in [0.15, 0.2) is 0 Å². The highest BCUT2D eigenvalue weighted by atomic mass is 15.2. The van der Waals surface area contributed by atoms with Crippen LogP contribution in [0.4, 0.5) is 5.69 Å². The van der Waals surface area contributed by atoms with Gasteiger partial charge in [0.1, 0.15) is 0 Å². The van der Waals surface area contributed by atoms with Crippen LogP contribution < -0.4 is 10.2 Å². The molecule has 1 aromatic rings. The Balaban J connectivity index is 1.97. The minimum atomic E-state index is 0.643. The van der Waals surface area contributed by atoms with E-state index in [1.165, 1.54) is 30.5 Å². The molecule has 0 aliphatic carbocycles. The first kappa shape index (κ1) is 12.4. The van der Waals surface area contributed by atoms with Gasteiger partial charge in [-0.2, -0.15) is 0 Å². The Bertz CT molecular complexity index is 351. The van der Waals surface area contributed by atoms with E-state index in [1.54, 1.807) is 0 Å². The number of nitrogens with zero attached hydrogens (tertiary/aromatic N) is 2. The normalized spacial score (nSPS) is 20.6. The first-order chi connectivity index (χ1) is 8.29. The lowest BCUT2D eigenvalue weighted by Gasteiger charge is -2.34. The van der Waals surface area contributed by atoms with Gasteiger partial charge < -0.3 is 10.2 Å². The standard InChI is InChI=1S/C14H23N3/c1-3-6-16-13-5-4-7-17(11-13)14-8-12(2)9-15-10-14/h8-10,13,16H,3-7,11H2,1-2H3. The Labute approximate surface area is 104 Å². The zero-order valence-corrected chi connectivity index (χ0v) is 10.9. The molecule has 94 valence electrons. The molecule has 1 unspecified atom stereocenters. The summed E-state index contributed by atoms with van der Waals surface area (Å²) in [6.07, 6.45) is 7.68. The highest BCUT2D eigenvalue weighted by Crippen LogP contribution is 2.19. The molecule has 1 atom stereocenters. The summed E-state index contributed by atoms with van der Waals surface area (Å²) in [6, 6.07) is 2.87. The molecule has 1 aliphatic heterocycles. The van der Waals surface area contributed by atoms with Crippen LogP contribution in [0.15, 0.2) is 18.5 Å². The van der Waals surface area contributed by atoms with Gasteiger partial charge in [-0.3, -0.25) is 4.98 Å². The molecule has 0 spiro atoms. The van der Waals surface area contributed by atoms with Crippen molar-refractivity contribution in [3.63, 3.8) is 0 Å². The molecule has 1 fully saturated rings. The lowest BCUT2D eigenvalue weighted by atomic mass is 10.0. The number of aromatic nitrogens is 1. The molecule has 1 N–H and O–H groups in total. The van der Waals surface area contributed by atoms with Gasteiger partial charge in [0.25, 0.3) is 0 Å². The Kier molecular flexibility index (Phi) is 4.37. The van der Waals surface area contributed by atoms with Gasteiger partial charge in [0.2, 0.25) is 0 Å². The van der Waals surface area contributed by atoms with Gasteiger partial charge in [-0.05, 0) is 44.4 Å². The third-order valence-electron chi connectivity index (χ3n) is 3.33. The Morgan fingerprint density at radius 1 is 1.47 bits per heavy atom. The van der Waals surface area contributed by atoms with Gasteiger partial charge in [0, 0.05) is 25.3 Å². The van der Waals surface area contributed by atoms with Crippen molar-refractivity contribution in [2.75, 3.05) is 24.5 Å². The van der Waals surface area contributed by atoms with Gasteiger partial charge in [-0.1, -0.05) is 6.92 Å². The summed E-state index contributed by atoms with van der Waals surface area (Å²) in [4.78, 5) is 6.74. The average molecular weight is 233 g/mol. The summed E-state index contributed by atoms with van der Waals surface area (Å²) in [5, 5.41) is 3.62. The molecule has 3 nitrogen and oxygen atoms in total. The van der Waals surface area contributed by atoms with Crippen LogP contribution in [0.25, 0.3) is 0 Å². The summed E-state index contributed by atoms with van der Waals surface area (Å²) in [5.74, 6) is 0. The maximum Gasteiger partial charge on any atom is 0.0555 e. The molecule has 0 amide bonds. The van der Waals surface area contributed by atoms with Gasteiger partial charge >= 0.3 is 0 Å². The van der Waals surface area contributed by atoms with Crippen LogP contribution in [0.2, 0.25) is 0 Å². The van der Waals surface area contributed by atoms with Crippen LogP contribution in [-0.4, -0.2) is 30.7 Å². The largest absolute Gasteiger partial charge is 0.369 e. The van der Waals surface area contributed by atoms with Crippen LogP contribution in [-0.2, 0) is 0 Å². The van der Waals surface area contributed by atoms with Crippen molar-refractivity contribution in [1.82, 2.24) is 10.3 Å². The fourth-order valence-corrected chi connectivity index (χ4v) is 2.44. The van der Waals surface area contributed by atoms with Crippen LogP contribution in [0.1, 0.15) is 31.7 Å². The molecule has 0 saturated carbocycles. The smallest absolute Gasteiger partial charge is 0.0555 e. The second kappa shape index (κ2) is 6.01. The minimum Gasteiger partial charge on any atom is -0.369 e. The van der Waals surface area contributed by atoms with Gasteiger partial charge in [-0.15, -0.1) is 0 Å². The zero-order valence-electron chi connectivity index (χ0n) is 10.9. The first-order valence-corrected chi connectivity index (χ1v) is 6.69. The summed E-state index contributed by atoms with van der Waals surface area (Å²) in [6.45, 7) is 7.73. The summed E-state index contributed by atoms with van der Waals surface area (Å²) in [7, 11) is 0. The third-order valence-corrected chi connectivity index (χ3v) is 3.33. The van der Waals surface area contributed by atoms with Crippen molar-refractivity contribution in [3.8, 4) is 0 Å². The molecule has 1 aliphatic rings. The number of nitrogens with one attached hydrogen (secondary N) is 1. The lowest BCUT2D eigenvalue weighted by Crippen LogP contribution is -2.46. The van der Waals surface area contributed by atoms with Crippen molar-refractivity contribution in [2.45, 2.75) is 39.2 Å². The van der Waals surface area contributed by atoms with Crippen LogP contribution in [0.5, 0.6) is 0 Å². The highest BCUT2D eigenvalue weighted by Gasteiger charge is 2.19. The minimum absolute atomic E-state index is 0.643. The summed E-state index contributed by atoms with van der Waals surface area (Å²) < 4.78 is 0. The van der Waals surface area contributed by atoms with E-state index in [0.717, 1.165) is 19.6 Å². The number of anilines is 1. The van der Waals surface area contributed by atoms with Crippen molar-refractivity contribution in [3.05, 3.63) is 24.0 Å². The fraction of sp³-hybridized carbons (Fsp3) is 0.643. The first-order valence-electron chi connectivity index (χ1n) is 6.69. The summed E-state index contributed by atoms with van der Waals surface area (Å²) in [5.41, 5.74) is 2.51. The number of aryl methyl sites for hydroxylation is 1. The fourth-order valence-electron chi connectivity index (χ4n) is 2.44. The quantitative estimate of drug-likeness (QED) is 0.865. The molecule has 0 radical (unpaired) electrons. The second-order valence-electron chi connectivity index (χ2n) is 4.96. The van der Waals surface area contributed by atoms with E-state index >= 15 is 0 Å². The van der Waals surface area contributed by atoms with E-state index in [1.807, 2.05) is 12.4 Å². The van der Waals surface area contributed by atoms with Crippen LogP contribution in [0, 0.1) is 6.92 Å². The molecule has 17 heavy (non-hydrogen) atoms. The molecule has 2 heterocycles. The molecular formula is C14H23N3. The molecule has 1 aromatic heterocycles. The third kappa shape index (κ3) is 3.43. The van der Waals surface area contributed by atoms with E-state index in [-0.39, 0.29) is 0 Å². The van der Waals surface area contributed by atoms with Gasteiger partial charge in [-0.25, -0.2) is 0 Å². The monoisotopic (exact) mass is 233 g/mol. The maximum absolute atomic E-state index is 4.28. The predicted molar refractivity (Wildman–Crippen MR) is 72.5 cm³/mol. The summed E-state index contributed by atoms with van der Waals surface area (Å²) >= 11 is 0. The predicted octanol–water partition coefficient (Wildman–Crippen LogP) is 2.36. The average Bonchev–Trinajstić information content (AvgIpc) is 2.37. The van der Waals surface area contributed by atoms with E-state index in [2.05, 4.69) is 35.1 Å². The second-order valence-corrected chi connectivity index (χ2v) is 4.96. The Morgan fingerprint density at radius 2 is 2.35 bits per heavy atom. The SMILES string of the molecule is CCCNC1CCCN(c2cncc(C)c2)C1. The van der Waals surface area contributed by atoms with Crippen molar-refractivity contribution < 1.29 is 0 Å². The molecule has 0 bridgehead atoms. The van der Waals surface area contributed by atoms with Crippen molar-refractivity contribution in [2.24, 2.45) is 0 Å². The molecule has 1 saturated heterocycles. The van der Waals surface area contributed by atoms with E-state index in [0.29, 0.717) is 6.04 Å². The molecule has 0 aromatic carbocycles. The number of hydrogen-bond acceptors (Lipinski definition) is 3. The Hall–Kier alpha value is -1.09. The van der Waals surface area contributed by atoms with Crippen LogP contribution in [0.3, 0.4) is 0 Å². The van der Waals surface area contributed by atoms with Gasteiger partial charge in [0.05, 0.1) is 11.9 Å². The van der Waals surface area contributed by atoms with Crippen molar-refractivity contribution in [1.29, 1.82) is 0 Å². The number of hydrogen-bond donors (Lipinski definition) is 1. The highest BCUT2D eigenvalue weighted by molar-refractivity contribution is 5.46. The Morgan fingerprint density at radius 3 is 3.12 bits per heavy atom. The van der Waals surface area contributed by atoms with E-state index < -0.39 is 0 Å². The molecule has 3 heteroatoms. The zero-order chi connectivity index (χ0) is 12.1.